The number of furan rings is 3. The molecule has 0 aliphatic heterocycles. The average Bonchev–Trinajstić information content (AvgIpc) is 1.58. The molecule has 0 aliphatic carbocycles. The summed E-state index contributed by atoms with van der Waals surface area (Å²) in [7, 11) is 0. The quantitative estimate of drug-likeness (QED) is 0.117. The Morgan fingerprint density at radius 3 is 0.833 bits per heavy atom. The van der Waals surface area contributed by atoms with E-state index in [0.717, 1.165) is 216 Å². The summed E-state index contributed by atoms with van der Waals surface area (Å²) in [5, 5.41) is 10.1. The maximum atomic E-state index is 6.58. The molecule has 24 aromatic rings. The fraction of sp³-hybridized carbons (Fsp3) is 0. The van der Waals surface area contributed by atoms with Crippen LogP contribution in [0.1, 0.15) is 0 Å². The van der Waals surface area contributed by atoms with E-state index in [1.54, 1.807) is 12.4 Å². The Morgan fingerprint density at radius 1 is 0.192 bits per heavy atom. The molecule has 12 nitrogen and oxygen atoms in total. The van der Waals surface area contributed by atoms with Gasteiger partial charge in [0.1, 0.15) is 34.0 Å². The van der Waals surface area contributed by atoms with E-state index in [4.69, 9.17) is 13.3 Å². The van der Waals surface area contributed by atoms with Crippen molar-refractivity contribution >= 4 is 98.3 Å². The molecule has 0 spiro atoms. The molecule has 12 aromatic carbocycles. The van der Waals surface area contributed by atoms with Crippen molar-refractivity contribution in [3.63, 3.8) is 0 Å². The van der Waals surface area contributed by atoms with Gasteiger partial charge in [-0.1, -0.05) is 170 Å². The normalized spacial score (nSPS) is 11.5. The van der Waals surface area contributed by atoms with Gasteiger partial charge in [-0.05, 0) is 221 Å². The van der Waals surface area contributed by atoms with Gasteiger partial charge in [0, 0.05) is 150 Å². The Hall–Kier alpha value is -16.4. The number of fused-ring (bicyclic) bond motifs is 15. The molecule has 0 radical (unpaired) electrons. The van der Waals surface area contributed by atoms with Crippen LogP contribution in [0.15, 0.2) is 433 Å². The Morgan fingerprint density at radius 2 is 0.500 bits per heavy atom. The van der Waals surface area contributed by atoms with Crippen molar-refractivity contribution in [1.29, 1.82) is 0 Å². The predicted molar refractivity (Wildman–Crippen MR) is 487 cm³/mol. The molecule has 12 aromatic heterocycles. The van der Waals surface area contributed by atoms with Crippen molar-refractivity contribution in [1.82, 2.24) is 43.6 Å². The molecule has 0 atom stereocenters. The van der Waals surface area contributed by atoms with Crippen molar-refractivity contribution in [2.45, 2.75) is 0 Å². The third-order valence-electron chi connectivity index (χ3n) is 22.6. The summed E-state index contributed by atoms with van der Waals surface area (Å²) >= 11 is 0. The van der Waals surface area contributed by atoms with Crippen LogP contribution in [0, 0.1) is 0 Å². The number of hydrogen-bond acceptors (Lipinski definition) is 9. The second kappa shape index (κ2) is 30.1. The molecular formula is C108H69N9O3. The van der Waals surface area contributed by atoms with E-state index in [-0.39, 0.29) is 0 Å². The zero-order valence-electron chi connectivity index (χ0n) is 64.6. The van der Waals surface area contributed by atoms with Gasteiger partial charge in [-0.25, -0.2) is 0 Å². The highest BCUT2D eigenvalue weighted by atomic mass is 16.3. The zero-order valence-corrected chi connectivity index (χ0v) is 64.6. The lowest BCUT2D eigenvalue weighted by Gasteiger charge is -2.14. The van der Waals surface area contributed by atoms with Crippen LogP contribution in [0.2, 0.25) is 0 Å². The van der Waals surface area contributed by atoms with Crippen molar-refractivity contribution in [2.75, 3.05) is 0 Å². The minimum atomic E-state index is 0.870. The van der Waals surface area contributed by atoms with Gasteiger partial charge in [-0.15, -0.1) is 0 Å². The first-order valence-corrected chi connectivity index (χ1v) is 39.9. The van der Waals surface area contributed by atoms with Crippen LogP contribution in [-0.4, -0.2) is 43.6 Å². The zero-order chi connectivity index (χ0) is 79.4. The van der Waals surface area contributed by atoms with E-state index in [9.17, 15) is 0 Å². The number of aromatic nitrogens is 9. The van der Waals surface area contributed by atoms with Gasteiger partial charge >= 0.3 is 0 Å². The molecule has 12 heterocycles. The maximum Gasteiger partial charge on any atom is 0.144 e. The molecule has 24 rings (SSSR count). The first-order valence-electron chi connectivity index (χ1n) is 39.9. The molecule has 564 valence electrons. The van der Waals surface area contributed by atoms with E-state index < -0.39 is 0 Å². The van der Waals surface area contributed by atoms with Crippen molar-refractivity contribution in [3.8, 4) is 118 Å². The molecule has 0 N–H and O–H groups in total. The highest BCUT2D eigenvalue weighted by Gasteiger charge is 2.24. The van der Waals surface area contributed by atoms with Crippen LogP contribution < -0.4 is 0 Å². The van der Waals surface area contributed by atoms with Crippen LogP contribution in [0.5, 0.6) is 0 Å². The smallest absolute Gasteiger partial charge is 0.144 e. The monoisotopic (exact) mass is 1540 g/mol. The number of nitrogens with zero attached hydrogens (tertiary/aromatic N) is 9. The molecule has 0 saturated heterocycles. The Kier molecular flexibility index (Phi) is 17.6. The summed E-state index contributed by atoms with van der Waals surface area (Å²) in [6.07, 6.45) is 18.5. The fourth-order valence-electron chi connectivity index (χ4n) is 17.1. The lowest BCUT2D eigenvalue weighted by Crippen LogP contribution is -1.97. The van der Waals surface area contributed by atoms with Crippen molar-refractivity contribution in [3.05, 3.63) is 420 Å². The Balaban J connectivity index is 0.000000108. The second-order valence-electron chi connectivity index (χ2n) is 29.8. The first kappa shape index (κ1) is 70.2. The standard InChI is InChI=1S/3C36H23N3O/c1-2-10-24(11-3-1)34-23-25-16-17-33-35(36(25)40-34)29-12-4-5-15-32(29)39(33)28-21-26(30-13-6-8-18-37-30)20-27(22-28)31-14-7-9-19-38-31;1-2-8-24(9-3-1)34-21-25-14-15-33-35(36(25)40-34)31-12-4-5-13-32(31)39(33)30-19-28(26-10-6-16-37-22-26)18-29(20-30)27-11-7-17-38-23-27;1-2-6-26(7-3-1)34-23-27-10-11-33-35(36(27)40-34)31-8-4-5-9-32(31)39(33)30-21-28(24-12-16-37-17-13-24)20-29(22-30)25-14-18-38-19-15-25/h3*1-23H. The summed E-state index contributed by atoms with van der Waals surface area (Å²) in [6, 6.07) is 124. The molecule has 0 saturated carbocycles. The summed E-state index contributed by atoms with van der Waals surface area (Å²) in [4.78, 5) is 26.6. The summed E-state index contributed by atoms with van der Waals surface area (Å²) in [5.41, 5.74) is 28.5. The lowest BCUT2D eigenvalue weighted by atomic mass is 9.99. The molecule has 0 fully saturated rings. The van der Waals surface area contributed by atoms with Crippen LogP contribution in [-0.2, 0) is 0 Å². The Labute approximate surface area is 688 Å². The number of benzene rings is 12. The summed E-state index contributed by atoms with van der Waals surface area (Å²) in [6.45, 7) is 0. The summed E-state index contributed by atoms with van der Waals surface area (Å²) < 4.78 is 26.8. The van der Waals surface area contributed by atoms with Crippen molar-refractivity contribution < 1.29 is 13.3 Å². The van der Waals surface area contributed by atoms with E-state index >= 15 is 0 Å². The third kappa shape index (κ3) is 12.8. The van der Waals surface area contributed by atoms with Gasteiger partial charge in [0.15, 0.2) is 0 Å². The number of pyridine rings is 6. The van der Waals surface area contributed by atoms with Gasteiger partial charge in [-0.3, -0.25) is 29.9 Å². The van der Waals surface area contributed by atoms with E-state index in [1.165, 1.54) is 0 Å². The molecule has 12 heteroatoms. The second-order valence-corrected chi connectivity index (χ2v) is 29.8. The number of rotatable bonds is 12. The minimum Gasteiger partial charge on any atom is -0.455 e. The average molecular weight is 1540 g/mol. The van der Waals surface area contributed by atoms with Crippen molar-refractivity contribution in [2.24, 2.45) is 0 Å². The highest BCUT2D eigenvalue weighted by molar-refractivity contribution is 6.23. The first-order chi connectivity index (χ1) is 59.5. The van der Waals surface area contributed by atoms with Gasteiger partial charge in [-0.2, -0.15) is 0 Å². The van der Waals surface area contributed by atoms with Crippen LogP contribution in [0.4, 0.5) is 0 Å². The molecule has 0 aliphatic rings. The largest absolute Gasteiger partial charge is 0.455 e. The van der Waals surface area contributed by atoms with Gasteiger partial charge in [0.25, 0.3) is 0 Å². The molecule has 0 unspecified atom stereocenters. The SMILES string of the molecule is c1ccc(-c2cc3ccc4c(c5ccccc5n4-c4cc(-c5ccccn5)cc(-c5ccccn5)c4)c3o2)cc1.c1ccc(-c2cc3ccc4c(c5ccccc5n4-c4cc(-c5cccnc5)cc(-c5cccnc5)c4)c3o2)cc1.c1ccc(-c2cc3ccc4c(c5ccccc5n4-c4cc(-c5ccncc5)cc(-c5ccncc5)c4)c3o2)cc1. The van der Waals surface area contributed by atoms with Crippen LogP contribution in [0.3, 0.4) is 0 Å². The molecular weight excluding hydrogens is 1470 g/mol. The van der Waals surface area contributed by atoms with E-state index in [1.807, 2.05) is 153 Å². The van der Waals surface area contributed by atoms with E-state index in [0.29, 0.717) is 0 Å². The minimum absolute atomic E-state index is 0.870. The topological polar surface area (TPSA) is 132 Å². The highest BCUT2D eigenvalue weighted by Crippen LogP contribution is 2.46. The third-order valence-corrected chi connectivity index (χ3v) is 22.6. The Bertz CT molecular complexity index is 7010. The van der Waals surface area contributed by atoms with Gasteiger partial charge in [0.05, 0.1) is 60.6 Å². The number of hydrogen-bond donors (Lipinski definition) is 0. The molecule has 0 amide bonds. The molecule has 0 bridgehead atoms. The van der Waals surface area contributed by atoms with Crippen LogP contribution in [0.25, 0.3) is 216 Å². The van der Waals surface area contributed by atoms with E-state index in [2.05, 4.69) is 298 Å². The summed E-state index contributed by atoms with van der Waals surface area (Å²) in [5.74, 6) is 2.62. The predicted octanol–water partition coefficient (Wildman–Crippen LogP) is 28.0. The maximum absolute atomic E-state index is 6.58. The lowest BCUT2D eigenvalue weighted by molar-refractivity contribution is 0.635. The molecule has 120 heavy (non-hydrogen) atoms. The fourth-order valence-corrected chi connectivity index (χ4v) is 17.1. The van der Waals surface area contributed by atoms with Gasteiger partial charge < -0.3 is 27.0 Å². The van der Waals surface area contributed by atoms with Crippen LogP contribution >= 0.6 is 0 Å². The number of para-hydroxylation sites is 3. The van der Waals surface area contributed by atoms with Gasteiger partial charge in [0.2, 0.25) is 0 Å².